The van der Waals surface area contributed by atoms with Gasteiger partial charge in [-0.2, -0.15) is 0 Å². The van der Waals surface area contributed by atoms with Crippen LogP contribution in [0.3, 0.4) is 0 Å². The van der Waals surface area contributed by atoms with Gasteiger partial charge in [-0.25, -0.2) is 0 Å². The molecule has 0 aromatic heterocycles. The van der Waals surface area contributed by atoms with Crippen LogP contribution in [-0.4, -0.2) is 11.6 Å². The van der Waals surface area contributed by atoms with E-state index < -0.39 is 0 Å². The number of hydrogen-bond acceptors (Lipinski definition) is 2. The Balaban J connectivity index is 3.29. The van der Waals surface area contributed by atoms with Crippen LogP contribution in [0.25, 0.3) is 0 Å². The minimum atomic E-state index is -0.355. The first-order chi connectivity index (χ1) is 7.95. The molecule has 0 unspecified atom stereocenters. The summed E-state index contributed by atoms with van der Waals surface area (Å²) in [5.74, 6) is 2.57. The number of hydrogen-bond donors (Lipinski definition) is 0. The van der Waals surface area contributed by atoms with Gasteiger partial charge in [-0.1, -0.05) is 25.7 Å². The predicted molar refractivity (Wildman–Crippen MR) is 71.6 cm³/mol. The van der Waals surface area contributed by atoms with Crippen molar-refractivity contribution in [2.24, 2.45) is 0 Å². The quantitative estimate of drug-likeness (QED) is 0.362. The third kappa shape index (κ3) is 13.0. The highest BCUT2D eigenvalue weighted by molar-refractivity contribution is 5.69. The van der Waals surface area contributed by atoms with Gasteiger partial charge in [-0.3, -0.25) is 4.79 Å². The molecule has 0 rings (SSSR count). The molecular weight excluding hydrogens is 212 g/mol. The van der Waals surface area contributed by atoms with Crippen LogP contribution in [0.2, 0.25) is 0 Å². The Kier molecular flexibility index (Phi) is 8.58. The molecule has 0 spiro atoms. The summed E-state index contributed by atoms with van der Waals surface area (Å²) in [6, 6.07) is 0. The van der Waals surface area contributed by atoms with Crippen molar-refractivity contribution in [3.8, 4) is 12.3 Å². The van der Waals surface area contributed by atoms with Gasteiger partial charge in [0.15, 0.2) is 0 Å². The van der Waals surface area contributed by atoms with Crippen molar-refractivity contribution in [1.29, 1.82) is 0 Å². The topological polar surface area (TPSA) is 26.3 Å². The predicted octanol–water partition coefficient (Wildman–Crippen LogP) is 4.08. The van der Waals surface area contributed by atoms with E-state index in [1.54, 1.807) is 0 Å². The summed E-state index contributed by atoms with van der Waals surface area (Å²) in [5, 5.41) is 0. The molecule has 0 atom stereocenters. The van der Waals surface area contributed by atoms with Crippen LogP contribution in [0.4, 0.5) is 0 Å². The van der Waals surface area contributed by atoms with Crippen molar-refractivity contribution in [3.05, 3.63) is 0 Å². The first-order valence-corrected chi connectivity index (χ1v) is 6.61. The summed E-state index contributed by atoms with van der Waals surface area (Å²) >= 11 is 0. The van der Waals surface area contributed by atoms with Gasteiger partial charge >= 0.3 is 5.97 Å². The maximum absolute atomic E-state index is 11.4. The van der Waals surface area contributed by atoms with E-state index >= 15 is 0 Å². The summed E-state index contributed by atoms with van der Waals surface area (Å²) < 4.78 is 5.24. The molecule has 0 saturated heterocycles. The monoisotopic (exact) mass is 238 g/mol. The second-order valence-corrected chi connectivity index (χ2v) is 5.41. The fourth-order valence-corrected chi connectivity index (χ4v) is 1.60. The van der Waals surface area contributed by atoms with Gasteiger partial charge in [0, 0.05) is 12.8 Å². The SMILES string of the molecule is C#CCCCCCCCCC(=O)OC(C)(C)C. The second kappa shape index (κ2) is 9.10. The first kappa shape index (κ1) is 16.0. The standard InChI is InChI=1S/C15H26O2/c1-5-6-7-8-9-10-11-12-13-14(16)17-15(2,3)4/h1H,6-13H2,2-4H3. The molecule has 17 heavy (non-hydrogen) atoms. The molecule has 0 aromatic carbocycles. The molecule has 0 radical (unpaired) electrons. The van der Waals surface area contributed by atoms with Crippen LogP contribution in [0, 0.1) is 12.3 Å². The first-order valence-electron chi connectivity index (χ1n) is 6.61. The van der Waals surface area contributed by atoms with Crippen LogP contribution >= 0.6 is 0 Å². The number of unbranched alkanes of at least 4 members (excludes halogenated alkanes) is 6. The van der Waals surface area contributed by atoms with E-state index in [9.17, 15) is 4.79 Å². The van der Waals surface area contributed by atoms with Gasteiger partial charge < -0.3 is 4.74 Å². The summed E-state index contributed by atoms with van der Waals surface area (Å²) in [4.78, 5) is 11.4. The molecule has 2 heteroatoms. The minimum absolute atomic E-state index is 0.0789. The zero-order chi connectivity index (χ0) is 13.1. The van der Waals surface area contributed by atoms with Crippen molar-refractivity contribution >= 4 is 5.97 Å². The lowest BCUT2D eigenvalue weighted by molar-refractivity contribution is -0.154. The molecule has 0 aromatic rings. The number of rotatable bonds is 8. The van der Waals surface area contributed by atoms with Crippen LogP contribution in [0.15, 0.2) is 0 Å². The molecule has 0 amide bonds. The zero-order valence-corrected chi connectivity index (χ0v) is 11.6. The van der Waals surface area contributed by atoms with E-state index in [2.05, 4.69) is 5.92 Å². The Bertz CT molecular complexity index is 243. The average molecular weight is 238 g/mol. The van der Waals surface area contributed by atoms with Gasteiger partial charge in [0.05, 0.1) is 0 Å². The molecule has 0 N–H and O–H groups in total. The smallest absolute Gasteiger partial charge is 0.306 e. The Morgan fingerprint density at radius 1 is 1.06 bits per heavy atom. The van der Waals surface area contributed by atoms with E-state index in [1.165, 1.54) is 19.3 Å². The molecule has 0 fully saturated rings. The molecule has 0 saturated carbocycles. The van der Waals surface area contributed by atoms with E-state index in [1.807, 2.05) is 20.8 Å². The van der Waals surface area contributed by atoms with Gasteiger partial charge in [-0.05, 0) is 33.6 Å². The highest BCUT2D eigenvalue weighted by atomic mass is 16.6. The lowest BCUT2D eigenvalue weighted by atomic mass is 10.1. The maximum atomic E-state index is 11.4. The van der Waals surface area contributed by atoms with Crippen LogP contribution < -0.4 is 0 Å². The summed E-state index contributed by atoms with van der Waals surface area (Å²) in [6.07, 6.45) is 13.4. The molecule has 2 nitrogen and oxygen atoms in total. The van der Waals surface area contributed by atoms with Gasteiger partial charge in [0.25, 0.3) is 0 Å². The lowest BCUT2D eigenvalue weighted by Crippen LogP contribution is -2.23. The average Bonchev–Trinajstić information content (AvgIpc) is 2.19. The highest BCUT2D eigenvalue weighted by Crippen LogP contribution is 2.12. The number of carbonyl (C=O) groups is 1. The van der Waals surface area contributed by atoms with Gasteiger partial charge in [0.2, 0.25) is 0 Å². The fraction of sp³-hybridized carbons (Fsp3) is 0.800. The van der Waals surface area contributed by atoms with Crippen molar-refractivity contribution < 1.29 is 9.53 Å². The summed E-state index contributed by atoms with van der Waals surface area (Å²) in [6.45, 7) is 5.70. The Morgan fingerprint density at radius 3 is 2.12 bits per heavy atom. The van der Waals surface area contributed by atoms with Gasteiger partial charge in [0.1, 0.15) is 5.60 Å². The Morgan fingerprint density at radius 2 is 1.59 bits per heavy atom. The van der Waals surface area contributed by atoms with Crippen molar-refractivity contribution in [2.45, 2.75) is 77.7 Å². The number of carbonyl (C=O) groups excluding carboxylic acids is 1. The molecule has 0 aliphatic carbocycles. The molecule has 0 aliphatic rings. The van der Waals surface area contributed by atoms with Crippen molar-refractivity contribution in [3.63, 3.8) is 0 Å². The molecule has 0 heterocycles. The molecule has 98 valence electrons. The van der Waals surface area contributed by atoms with Gasteiger partial charge in [-0.15, -0.1) is 12.3 Å². The second-order valence-electron chi connectivity index (χ2n) is 5.41. The Hall–Kier alpha value is -0.970. The van der Waals surface area contributed by atoms with E-state index in [4.69, 9.17) is 11.2 Å². The third-order valence-corrected chi connectivity index (χ3v) is 2.37. The normalized spacial score (nSPS) is 10.9. The molecule has 0 bridgehead atoms. The minimum Gasteiger partial charge on any atom is -0.460 e. The Labute approximate surface area is 106 Å². The third-order valence-electron chi connectivity index (χ3n) is 2.37. The van der Waals surface area contributed by atoms with Crippen LogP contribution in [0.5, 0.6) is 0 Å². The maximum Gasteiger partial charge on any atom is 0.306 e. The van der Waals surface area contributed by atoms with Crippen LogP contribution in [-0.2, 0) is 9.53 Å². The fourth-order valence-electron chi connectivity index (χ4n) is 1.60. The van der Waals surface area contributed by atoms with Crippen molar-refractivity contribution in [2.75, 3.05) is 0 Å². The number of ether oxygens (including phenoxy) is 1. The highest BCUT2D eigenvalue weighted by Gasteiger charge is 2.15. The number of terminal acetylenes is 1. The number of esters is 1. The molecular formula is C15H26O2. The summed E-state index contributed by atoms with van der Waals surface area (Å²) in [7, 11) is 0. The largest absolute Gasteiger partial charge is 0.460 e. The molecule has 0 aliphatic heterocycles. The van der Waals surface area contributed by atoms with Crippen LogP contribution in [0.1, 0.15) is 72.1 Å². The van der Waals surface area contributed by atoms with E-state index in [0.29, 0.717) is 6.42 Å². The lowest BCUT2D eigenvalue weighted by Gasteiger charge is -2.19. The van der Waals surface area contributed by atoms with E-state index in [-0.39, 0.29) is 11.6 Å². The zero-order valence-electron chi connectivity index (χ0n) is 11.6. The van der Waals surface area contributed by atoms with E-state index in [0.717, 1.165) is 25.7 Å². The van der Waals surface area contributed by atoms with Crippen molar-refractivity contribution in [1.82, 2.24) is 0 Å². The summed E-state index contributed by atoms with van der Waals surface area (Å²) in [5.41, 5.74) is -0.355.